The highest BCUT2D eigenvalue weighted by atomic mass is 14.0. The predicted molar refractivity (Wildman–Crippen MR) is 54.8 cm³/mol. The maximum atomic E-state index is 3.48. The molecule has 0 heteroatoms. The Labute approximate surface area is 72.0 Å². The first-order chi connectivity index (χ1) is 5.31. The van der Waals surface area contributed by atoms with Crippen molar-refractivity contribution >= 4 is 0 Å². The topological polar surface area (TPSA) is 0 Å². The molecule has 11 heavy (non-hydrogen) atoms. The molecule has 0 fully saturated rings. The summed E-state index contributed by atoms with van der Waals surface area (Å²) >= 11 is 0. The molecule has 0 spiro atoms. The van der Waals surface area contributed by atoms with E-state index in [9.17, 15) is 0 Å². The van der Waals surface area contributed by atoms with Crippen LogP contribution in [0.4, 0.5) is 0 Å². The smallest absolute Gasteiger partial charge is 0.0227 e. The second kappa shape index (κ2) is 12.2. The van der Waals surface area contributed by atoms with Gasteiger partial charge in [-0.05, 0) is 18.8 Å². The Kier molecular flexibility index (Phi) is 14.5. The molecular formula is C11H22. The zero-order valence-corrected chi connectivity index (χ0v) is 8.43. The van der Waals surface area contributed by atoms with Crippen LogP contribution in [-0.2, 0) is 0 Å². The van der Waals surface area contributed by atoms with E-state index in [4.69, 9.17) is 0 Å². The second-order valence-corrected chi connectivity index (χ2v) is 2.34. The average molecular weight is 154 g/mol. The first-order valence-electron chi connectivity index (χ1n) is 4.58. The molecule has 1 aliphatic rings. The van der Waals surface area contributed by atoms with Gasteiger partial charge >= 0.3 is 0 Å². The molecule has 0 nitrogen and oxygen atoms in total. The van der Waals surface area contributed by atoms with E-state index in [2.05, 4.69) is 32.6 Å². The third-order valence-electron chi connectivity index (χ3n) is 1.26. The van der Waals surface area contributed by atoms with Crippen LogP contribution in [0.1, 0.15) is 40.5 Å². The molecule has 1 rings (SSSR count). The Morgan fingerprint density at radius 1 is 1.55 bits per heavy atom. The van der Waals surface area contributed by atoms with Gasteiger partial charge in [0.05, 0.1) is 0 Å². The lowest BCUT2D eigenvalue weighted by Crippen LogP contribution is -1.93. The minimum Gasteiger partial charge on any atom is -0.103 e. The summed E-state index contributed by atoms with van der Waals surface area (Å²) in [7, 11) is 0. The van der Waals surface area contributed by atoms with Gasteiger partial charge in [-0.15, -0.1) is 6.58 Å². The molecule has 0 amide bonds. The highest BCUT2D eigenvalue weighted by molar-refractivity contribution is 4.99. The van der Waals surface area contributed by atoms with Crippen molar-refractivity contribution in [2.24, 2.45) is 5.92 Å². The SMILES string of the molecule is C=CCC.CC.CC1C=CC1. The van der Waals surface area contributed by atoms with Crippen molar-refractivity contribution in [2.75, 3.05) is 0 Å². The lowest BCUT2D eigenvalue weighted by molar-refractivity contribution is 0.681. The summed E-state index contributed by atoms with van der Waals surface area (Å²) in [4.78, 5) is 0. The van der Waals surface area contributed by atoms with E-state index >= 15 is 0 Å². The van der Waals surface area contributed by atoms with Gasteiger partial charge in [-0.3, -0.25) is 0 Å². The Hall–Kier alpha value is -0.520. The summed E-state index contributed by atoms with van der Waals surface area (Å²) in [5, 5.41) is 0. The van der Waals surface area contributed by atoms with E-state index in [1.807, 2.05) is 19.9 Å². The highest BCUT2D eigenvalue weighted by Gasteiger charge is 1.98. The van der Waals surface area contributed by atoms with Gasteiger partial charge in [-0.1, -0.05) is 45.9 Å². The van der Waals surface area contributed by atoms with Crippen molar-refractivity contribution in [3.63, 3.8) is 0 Å². The molecule has 0 heterocycles. The number of allylic oxidation sites excluding steroid dienone is 3. The van der Waals surface area contributed by atoms with Crippen LogP contribution in [0.25, 0.3) is 0 Å². The zero-order valence-electron chi connectivity index (χ0n) is 8.43. The number of rotatable bonds is 1. The summed E-state index contributed by atoms with van der Waals surface area (Å²) in [5.74, 6) is 0.884. The highest BCUT2D eigenvalue weighted by Crippen LogP contribution is 2.13. The lowest BCUT2D eigenvalue weighted by atomic mass is 9.98. The summed E-state index contributed by atoms with van der Waals surface area (Å²) in [6, 6.07) is 0. The molecule has 0 aromatic heterocycles. The Morgan fingerprint density at radius 2 is 1.82 bits per heavy atom. The largest absolute Gasteiger partial charge is 0.103 e. The molecule has 0 aromatic carbocycles. The van der Waals surface area contributed by atoms with E-state index in [0.717, 1.165) is 12.3 Å². The van der Waals surface area contributed by atoms with Crippen molar-refractivity contribution in [2.45, 2.75) is 40.5 Å². The number of hydrogen-bond donors (Lipinski definition) is 0. The molecule has 1 aliphatic carbocycles. The van der Waals surface area contributed by atoms with Crippen LogP contribution in [0.5, 0.6) is 0 Å². The fraction of sp³-hybridized carbons (Fsp3) is 0.636. The van der Waals surface area contributed by atoms with Gasteiger partial charge in [0.2, 0.25) is 0 Å². The third-order valence-corrected chi connectivity index (χ3v) is 1.26. The molecule has 0 radical (unpaired) electrons. The standard InChI is InChI=1S/C5H8.C4H8.C2H6/c1-5-3-2-4-5;1-3-4-2;1-2/h2-3,5H,4H2,1H3;3H,1,4H2,2H3;1-2H3. The molecule has 0 aromatic rings. The van der Waals surface area contributed by atoms with E-state index in [-0.39, 0.29) is 0 Å². The van der Waals surface area contributed by atoms with Crippen molar-refractivity contribution in [3.05, 3.63) is 24.8 Å². The van der Waals surface area contributed by atoms with Crippen LogP contribution < -0.4 is 0 Å². The van der Waals surface area contributed by atoms with E-state index < -0.39 is 0 Å². The van der Waals surface area contributed by atoms with Gasteiger partial charge in [0.15, 0.2) is 0 Å². The molecule has 0 N–H and O–H groups in total. The number of hydrogen-bond acceptors (Lipinski definition) is 0. The van der Waals surface area contributed by atoms with Gasteiger partial charge in [0.1, 0.15) is 0 Å². The van der Waals surface area contributed by atoms with Crippen molar-refractivity contribution in [1.82, 2.24) is 0 Å². The lowest BCUT2D eigenvalue weighted by Gasteiger charge is -2.08. The third kappa shape index (κ3) is 12.6. The van der Waals surface area contributed by atoms with Crippen LogP contribution in [-0.4, -0.2) is 0 Å². The minimum atomic E-state index is 0.884. The molecule has 0 bridgehead atoms. The molecule has 66 valence electrons. The van der Waals surface area contributed by atoms with Crippen LogP contribution in [0.15, 0.2) is 24.8 Å². The van der Waals surface area contributed by atoms with Crippen LogP contribution >= 0.6 is 0 Å². The Balaban J connectivity index is 0. The first kappa shape index (κ1) is 13.1. The van der Waals surface area contributed by atoms with Gasteiger partial charge in [0.25, 0.3) is 0 Å². The average Bonchev–Trinajstić information content (AvgIpc) is 2.05. The van der Waals surface area contributed by atoms with Gasteiger partial charge < -0.3 is 0 Å². The summed E-state index contributed by atoms with van der Waals surface area (Å²) in [6.07, 6.45) is 8.69. The van der Waals surface area contributed by atoms with E-state index in [0.29, 0.717) is 0 Å². The van der Waals surface area contributed by atoms with Crippen LogP contribution in [0.2, 0.25) is 0 Å². The Morgan fingerprint density at radius 3 is 1.82 bits per heavy atom. The molecule has 1 atom stereocenters. The van der Waals surface area contributed by atoms with Crippen molar-refractivity contribution in [3.8, 4) is 0 Å². The monoisotopic (exact) mass is 154 g/mol. The zero-order chi connectivity index (χ0) is 9.11. The molecule has 0 saturated heterocycles. The maximum Gasteiger partial charge on any atom is -0.0227 e. The van der Waals surface area contributed by atoms with Gasteiger partial charge in [-0.2, -0.15) is 0 Å². The van der Waals surface area contributed by atoms with Crippen molar-refractivity contribution < 1.29 is 0 Å². The van der Waals surface area contributed by atoms with E-state index in [1.165, 1.54) is 6.42 Å². The van der Waals surface area contributed by atoms with Crippen molar-refractivity contribution in [1.29, 1.82) is 0 Å². The fourth-order valence-corrected chi connectivity index (χ4v) is 0.408. The summed E-state index contributed by atoms with van der Waals surface area (Å²) in [6.45, 7) is 11.8. The molecule has 0 aliphatic heterocycles. The summed E-state index contributed by atoms with van der Waals surface area (Å²) < 4.78 is 0. The quantitative estimate of drug-likeness (QED) is 0.497. The minimum absolute atomic E-state index is 0.884. The Bertz CT molecular complexity index is 90.2. The maximum absolute atomic E-state index is 3.48. The van der Waals surface area contributed by atoms with Gasteiger partial charge in [-0.25, -0.2) is 0 Å². The normalized spacial score (nSPS) is 18.0. The molecule has 0 saturated carbocycles. The molecule has 1 unspecified atom stereocenters. The second-order valence-electron chi connectivity index (χ2n) is 2.34. The first-order valence-corrected chi connectivity index (χ1v) is 4.58. The summed E-state index contributed by atoms with van der Waals surface area (Å²) in [5.41, 5.74) is 0. The fourth-order valence-electron chi connectivity index (χ4n) is 0.408. The van der Waals surface area contributed by atoms with Crippen LogP contribution in [0, 0.1) is 5.92 Å². The molecular weight excluding hydrogens is 132 g/mol. The predicted octanol–water partition coefficient (Wildman–Crippen LogP) is 4.19. The van der Waals surface area contributed by atoms with Gasteiger partial charge in [0, 0.05) is 0 Å². The van der Waals surface area contributed by atoms with Crippen LogP contribution in [0.3, 0.4) is 0 Å². The van der Waals surface area contributed by atoms with E-state index in [1.54, 1.807) is 0 Å².